The molecule has 130 valence electrons. The van der Waals surface area contributed by atoms with Gasteiger partial charge in [-0.3, -0.25) is 9.69 Å². The lowest BCUT2D eigenvalue weighted by Gasteiger charge is -2.33. The Hall–Kier alpha value is -2.40. The van der Waals surface area contributed by atoms with Crippen LogP contribution in [0.4, 0.5) is 4.79 Å². The fourth-order valence-electron chi connectivity index (χ4n) is 3.33. The summed E-state index contributed by atoms with van der Waals surface area (Å²) in [5.41, 5.74) is 2.05. The van der Waals surface area contributed by atoms with Crippen LogP contribution in [0.25, 0.3) is 0 Å². The number of amides is 3. The Labute approximate surface area is 150 Å². The van der Waals surface area contributed by atoms with Gasteiger partial charge in [0.1, 0.15) is 6.04 Å². The van der Waals surface area contributed by atoms with Gasteiger partial charge in [-0.15, -0.1) is 0 Å². The third-order valence-corrected chi connectivity index (χ3v) is 6.43. The number of hydrogen-bond acceptors (Lipinski definition) is 2. The standard InChI is InChI=1S/C20H24N2O2Si/c1-25(2,3)22-18(14-16-10-6-4-7-11-16)19(23)21(20(22)24)15-17-12-8-5-9-13-17/h4-13,18H,14-15H2,1-3H3. The Morgan fingerprint density at radius 2 is 1.36 bits per heavy atom. The highest BCUT2D eigenvalue weighted by atomic mass is 28.3. The fraction of sp³-hybridized carbons (Fsp3) is 0.300. The lowest BCUT2D eigenvalue weighted by Crippen LogP contribution is -2.52. The molecule has 0 bridgehead atoms. The van der Waals surface area contributed by atoms with Crippen LogP contribution in [0.3, 0.4) is 0 Å². The zero-order chi connectivity index (χ0) is 18.0. The van der Waals surface area contributed by atoms with Crippen LogP contribution in [0.1, 0.15) is 11.1 Å². The van der Waals surface area contributed by atoms with Crippen molar-refractivity contribution < 1.29 is 9.59 Å². The van der Waals surface area contributed by atoms with Crippen LogP contribution in [0.15, 0.2) is 60.7 Å². The summed E-state index contributed by atoms with van der Waals surface area (Å²) in [7, 11) is -1.98. The maximum Gasteiger partial charge on any atom is 0.319 e. The van der Waals surface area contributed by atoms with E-state index in [2.05, 4.69) is 19.6 Å². The average Bonchev–Trinajstić information content (AvgIpc) is 2.81. The van der Waals surface area contributed by atoms with Crippen LogP contribution < -0.4 is 0 Å². The van der Waals surface area contributed by atoms with Crippen molar-refractivity contribution >= 4 is 20.2 Å². The third-order valence-electron chi connectivity index (χ3n) is 4.48. The molecule has 0 aliphatic carbocycles. The number of benzene rings is 2. The summed E-state index contributed by atoms with van der Waals surface area (Å²) in [6.07, 6.45) is 0.570. The second-order valence-corrected chi connectivity index (χ2v) is 12.3. The topological polar surface area (TPSA) is 40.6 Å². The molecule has 0 spiro atoms. The van der Waals surface area contributed by atoms with Gasteiger partial charge < -0.3 is 4.57 Å². The van der Waals surface area contributed by atoms with E-state index in [1.165, 1.54) is 4.90 Å². The second kappa shape index (κ2) is 6.84. The first-order valence-corrected chi connectivity index (χ1v) is 12.0. The van der Waals surface area contributed by atoms with E-state index in [0.717, 1.165) is 11.1 Å². The number of imide groups is 1. The van der Waals surface area contributed by atoms with Crippen LogP contribution in [0, 0.1) is 0 Å². The first kappa shape index (κ1) is 17.4. The van der Waals surface area contributed by atoms with E-state index < -0.39 is 14.3 Å². The molecule has 1 saturated heterocycles. The highest BCUT2D eigenvalue weighted by Crippen LogP contribution is 2.28. The van der Waals surface area contributed by atoms with Gasteiger partial charge in [0.2, 0.25) is 0 Å². The van der Waals surface area contributed by atoms with Crippen LogP contribution >= 0.6 is 0 Å². The molecule has 0 saturated carbocycles. The van der Waals surface area contributed by atoms with Crippen LogP contribution in [0.5, 0.6) is 0 Å². The Bertz CT molecular complexity index is 756. The summed E-state index contributed by atoms with van der Waals surface area (Å²) in [5.74, 6) is -0.0832. The normalized spacial score (nSPS) is 18.1. The molecule has 3 rings (SSSR count). The van der Waals surface area contributed by atoms with E-state index in [4.69, 9.17) is 0 Å². The number of carbonyl (C=O) groups excluding carboxylic acids is 2. The van der Waals surface area contributed by atoms with Crippen LogP contribution in [-0.2, 0) is 17.8 Å². The molecule has 1 unspecified atom stereocenters. The molecule has 0 radical (unpaired) electrons. The van der Waals surface area contributed by atoms with E-state index in [9.17, 15) is 9.59 Å². The Balaban J connectivity index is 1.89. The summed E-state index contributed by atoms with van der Waals surface area (Å²) in [6.45, 7) is 6.68. The van der Waals surface area contributed by atoms with Crippen molar-refractivity contribution in [3.05, 3.63) is 71.8 Å². The van der Waals surface area contributed by atoms with Crippen molar-refractivity contribution in [2.75, 3.05) is 0 Å². The molecule has 5 heteroatoms. The minimum Gasteiger partial charge on any atom is -0.340 e. The average molecular weight is 353 g/mol. The fourth-order valence-corrected chi connectivity index (χ4v) is 5.16. The molecule has 1 heterocycles. The predicted octanol–water partition coefficient (Wildman–Crippen LogP) is 3.90. The number of nitrogens with zero attached hydrogens (tertiary/aromatic N) is 2. The quantitative estimate of drug-likeness (QED) is 0.605. The lowest BCUT2D eigenvalue weighted by atomic mass is 10.1. The first-order chi connectivity index (χ1) is 11.9. The van der Waals surface area contributed by atoms with Crippen molar-refractivity contribution in [3.63, 3.8) is 0 Å². The van der Waals surface area contributed by atoms with E-state index in [1.807, 2.05) is 65.2 Å². The molecule has 25 heavy (non-hydrogen) atoms. The highest BCUT2D eigenvalue weighted by Gasteiger charge is 2.49. The van der Waals surface area contributed by atoms with Gasteiger partial charge in [-0.1, -0.05) is 80.3 Å². The van der Waals surface area contributed by atoms with Gasteiger partial charge in [-0.05, 0) is 11.1 Å². The summed E-state index contributed by atoms with van der Waals surface area (Å²) in [4.78, 5) is 27.5. The van der Waals surface area contributed by atoms with Crippen LogP contribution in [0.2, 0.25) is 19.6 Å². The summed E-state index contributed by atoms with van der Waals surface area (Å²) < 4.78 is 1.87. The third kappa shape index (κ3) is 3.66. The minimum atomic E-state index is -1.98. The van der Waals surface area contributed by atoms with Crippen molar-refractivity contribution in [1.82, 2.24) is 9.47 Å². The molecular weight excluding hydrogens is 328 g/mol. The molecule has 0 N–H and O–H groups in total. The van der Waals surface area contributed by atoms with Gasteiger partial charge in [0, 0.05) is 6.42 Å². The number of hydrogen-bond donors (Lipinski definition) is 0. The maximum absolute atomic E-state index is 13.1. The molecule has 4 nitrogen and oxygen atoms in total. The smallest absolute Gasteiger partial charge is 0.319 e. The van der Waals surface area contributed by atoms with E-state index >= 15 is 0 Å². The minimum absolute atomic E-state index is 0.0832. The number of urea groups is 1. The predicted molar refractivity (Wildman–Crippen MR) is 102 cm³/mol. The molecule has 1 aliphatic rings. The largest absolute Gasteiger partial charge is 0.340 e. The molecule has 0 aromatic heterocycles. The van der Waals surface area contributed by atoms with E-state index in [1.54, 1.807) is 0 Å². The maximum atomic E-state index is 13.1. The van der Waals surface area contributed by atoms with Gasteiger partial charge >= 0.3 is 6.03 Å². The van der Waals surface area contributed by atoms with Gasteiger partial charge in [0.25, 0.3) is 5.91 Å². The van der Waals surface area contributed by atoms with Crippen LogP contribution in [-0.4, -0.2) is 35.7 Å². The second-order valence-electron chi connectivity index (χ2n) is 7.44. The molecule has 2 aromatic carbocycles. The molecular formula is C20H24N2O2Si. The van der Waals surface area contributed by atoms with Crippen molar-refractivity contribution in [2.45, 2.75) is 38.6 Å². The number of carbonyl (C=O) groups is 2. The number of rotatable bonds is 5. The monoisotopic (exact) mass is 352 g/mol. The van der Waals surface area contributed by atoms with Gasteiger partial charge in [0.15, 0.2) is 8.24 Å². The van der Waals surface area contributed by atoms with Gasteiger partial charge in [0.05, 0.1) is 6.54 Å². The Kier molecular flexibility index (Phi) is 4.77. The molecule has 1 atom stereocenters. The highest BCUT2D eigenvalue weighted by molar-refractivity contribution is 6.76. The van der Waals surface area contributed by atoms with Gasteiger partial charge in [-0.2, -0.15) is 0 Å². The SMILES string of the molecule is C[Si](C)(C)N1C(=O)N(Cc2ccccc2)C(=O)C1Cc1ccccc1. The zero-order valence-corrected chi connectivity index (χ0v) is 16.0. The Morgan fingerprint density at radius 3 is 1.88 bits per heavy atom. The summed E-state index contributed by atoms with van der Waals surface area (Å²) in [5, 5.41) is 0. The molecule has 1 aliphatic heterocycles. The molecule has 3 amide bonds. The van der Waals surface area contributed by atoms with E-state index in [0.29, 0.717) is 13.0 Å². The molecule has 2 aromatic rings. The van der Waals surface area contributed by atoms with Crippen molar-refractivity contribution in [2.24, 2.45) is 0 Å². The van der Waals surface area contributed by atoms with Gasteiger partial charge in [-0.25, -0.2) is 4.79 Å². The molecule has 1 fully saturated rings. The summed E-state index contributed by atoms with van der Waals surface area (Å²) in [6, 6.07) is 19.1. The Morgan fingerprint density at radius 1 is 0.840 bits per heavy atom. The first-order valence-electron chi connectivity index (χ1n) is 8.60. The van der Waals surface area contributed by atoms with E-state index in [-0.39, 0.29) is 11.9 Å². The van der Waals surface area contributed by atoms with Crippen molar-refractivity contribution in [1.29, 1.82) is 0 Å². The lowest BCUT2D eigenvalue weighted by molar-refractivity contribution is -0.128. The van der Waals surface area contributed by atoms with Crippen molar-refractivity contribution in [3.8, 4) is 0 Å². The zero-order valence-electron chi connectivity index (χ0n) is 15.0. The summed E-state index contributed by atoms with van der Waals surface area (Å²) >= 11 is 0.